The van der Waals surface area contributed by atoms with Gasteiger partial charge in [-0.15, -0.1) is 0 Å². The fraction of sp³-hybridized carbons (Fsp3) is 0.367. The second-order valence-corrected chi connectivity index (χ2v) is 10.0. The average Bonchev–Trinajstić information content (AvgIpc) is 2.87. The molecular weight excluding hydrogens is 436 g/mol. The Morgan fingerprint density at radius 1 is 0.857 bits per heavy atom. The van der Waals surface area contributed by atoms with E-state index in [-0.39, 0.29) is 12.0 Å². The third-order valence-corrected chi connectivity index (χ3v) is 6.12. The molecule has 1 fully saturated rings. The van der Waals surface area contributed by atoms with E-state index in [1.807, 2.05) is 57.2 Å². The Morgan fingerprint density at radius 2 is 1.51 bits per heavy atom. The van der Waals surface area contributed by atoms with Crippen molar-refractivity contribution in [3.63, 3.8) is 0 Å². The minimum absolute atomic E-state index is 0.140. The highest BCUT2D eigenvalue weighted by Crippen LogP contribution is 2.28. The molecule has 184 valence electrons. The van der Waals surface area contributed by atoms with Crippen molar-refractivity contribution in [2.45, 2.75) is 51.9 Å². The van der Waals surface area contributed by atoms with Crippen LogP contribution in [0.2, 0.25) is 0 Å². The standard InChI is InChI=1S/C30H36N2O3/c1-30(2,3)35-29(33)19-16-27-22-31(25-12-8-5-9-13-25)20-21-32(27)26-14-17-28(18-15-26)34-23-24-10-6-4-7-11-24/h4-15,17-18,27H,16,19-23H2,1-3H3/t27-/m0/s1. The highest BCUT2D eigenvalue weighted by atomic mass is 16.6. The number of hydrogen-bond donors (Lipinski definition) is 0. The van der Waals surface area contributed by atoms with Crippen LogP contribution >= 0.6 is 0 Å². The van der Waals surface area contributed by atoms with Gasteiger partial charge in [0.05, 0.1) is 0 Å². The first-order valence-electron chi connectivity index (χ1n) is 12.4. The van der Waals surface area contributed by atoms with E-state index in [2.05, 4.69) is 58.3 Å². The lowest BCUT2D eigenvalue weighted by Crippen LogP contribution is -2.53. The SMILES string of the molecule is CC(C)(C)OC(=O)CC[C@H]1CN(c2ccccc2)CCN1c1ccc(OCc2ccccc2)cc1. The average molecular weight is 473 g/mol. The van der Waals surface area contributed by atoms with Gasteiger partial charge in [-0.2, -0.15) is 0 Å². The maximum atomic E-state index is 12.5. The molecular formula is C30H36N2O3. The summed E-state index contributed by atoms with van der Waals surface area (Å²) in [7, 11) is 0. The van der Waals surface area contributed by atoms with E-state index in [4.69, 9.17) is 9.47 Å². The van der Waals surface area contributed by atoms with Crippen molar-refractivity contribution in [2.24, 2.45) is 0 Å². The number of nitrogens with zero attached hydrogens (tertiary/aromatic N) is 2. The number of benzene rings is 3. The molecule has 0 radical (unpaired) electrons. The highest BCUT2D eigenvalue weighted by Gasteiger charge is 2.28. The van der Waals surface area contributed by atoms with Gasteiger partial charge in [0.25, 0.3) is 0 Å². The third kappa shape index (κ3) is 7.25. The Hall–Kier alpha value is -3.47. The quantitative estimate of drug-likeness (QED) is 0.372. The summed E-state index contributed by atoms with van der Waals surface area (Å²) < 4.78 is 11.5. The number of anilines is 2. The molecule has 5 heteroatoms. The number of ether oxygens (including phenoxy) is 2. The van der Waals surface area contributed by atoms with Crippen LogP contribution in [0, 0.1) is 0 Å². The van der Waals surface area contributed by atoms with Gasteiger partial charge >= 0.3 is 5.97 Å². The van der Waals surface area contributed by atoms with Gasteiger partial charge in [0, 0.05) is 43.5 Å². The van der Waals surface area contributed by atoms with E-state index in [0.29, 0.717) is 13.0 Å². The lowest BCUT2D eigenvalue weighted by atomic mass is 10.0. The highest BCUT2D eigenvalue weighted by molar-refractivity contribution is 5.70. The Morgan fingerprint density at radius 3 is 2.17 bits per heavy atom. The number of carbonyl (C=O) groups excluding carboxylic acids is 1. The molecule has 3 aromatic carbocycles. The summed E-state index contributed by atoms with van der Waals surface area (Å²) in [6.45, 7) is 8.97. The van der Waals surface area contributed by atoms with Crippen LogP contribution in [0.4, 0.5) is 11.4 Å². The molecule has 0 saturated carbocycles. The van der Waals surface area contributed by atoms with Crippen molar-refractivity contribution in [1.82, 2.24) is 0 Å². The zero-order chi connectivity index (χ0) is 24.7. The molecule has 1 heterocycles. The van der Waals surface area contributed by atoms with Crippen LogP contribution in [0.3, 0.4) is 0 Å². The first-order chi connectivity index (χ1) is 16.9. The van der Waals surface area contributed by atoms with Gasteiger partial charge in [-0.05, 0) is 69.2 Å². The predicted molar refractivity (Wildman–Crippen MR) is 142 cm³/mol. The minimum atomic E-state index is -0.463. The van der Waals surface area contributed by atoms with E-state index >= 15 is 0 Å². The molecule has 1 aliphatic rings. The zero-order valence-corrected chi connectivity index (χ0v) is 21.0. The van der Waals surface area contributed by atoms with Crippen LogP contribution in [-0.4, -0.2) is 37.2 Å². The molecule has 0 N–H and O–H groups in total. The fourth-order valence-electron chi connectivity index (χ4n) is 4.47. The van der Waals surface area contributed by atoms with Gasteiger partial charge in [-0.1, -0.05) is 48.5 Å². The monoisotopic (exact) mass is 472 g/mol. The van der Waals surface area contributed by atoms with Crippen molar-refractivity contribution >= 4 is 17.3 Å². The summed E-state index contributed by atoms with van der Waals surface area (Å²) in [5.41, 5.74) is 3.06. The normalized spacial score (nSPS) is 16.1. The van der Waals surface area contributed by atoms with Gasteiger partial charge in [-0.25, -0.2) is 0 Å². The summed E-state index contributed by atoms with van der Waals surface area (Å²) in [5.74, 6) is 0.713. The molecule has 0 aromatic heterocycles. The Bertz CT molecular complexity index is 1060. The topological polar surface area (TPSA) is 42.0 Å². The van der Waals surface area contributed by atoms with Crippen molar-refractivity contribution in [1.29, 1.82) is 0 Å². The maximum absolute atomic E-state index is 12.5. The molecule has 0 aliphatic carbocycles. The van der Waals surface area contributed by atoms with E-state index in [9.17, 15) is 4.79 Å². The largest absolute Gasteiger partial charge is 0.489 e. The lowest BCUT2D eigenvalue weighted by Gasteiger charge is -2.44. The molecule has 0 amide bonds. The van der Waals surface area contributed by atoms with Crippen molar-refractivity contribution in [3.05, 3.63) is 90.5 Å². The zero-order valence-electron chi connectivity index (χ0n) is 21.0. The van der Waals surface area contributed by atoms with Crippen LogP contribution < -0.4 is 14.5 Å². The molecule has 4 rings (SSSR count). The van der Waals surface area contributed by atoms with Crippen molar-refractivity contribution in [2.75, 3.05) is 29.4 Å². The van der Waals surface area contributed by atoms with Crippen molar-refractivity contribution < 1.29 is 14.3 Å². The molecule has 1 atom stereocenters. The van der Waals surface area contributed by atoms with Crippen LogP contribution in [0.5, 0.6) is 5.75 Å². The van der Waals surface area contributed by atoms with E-state index < -0.39 is 5.60 Å². The van der Waals surface area contributed by atoms with Gasteiger partial charge in [-0.3, -0.25) is 4.79 Å². The van der Waals surface area contributed by atoms with Gasteiger partial charge in [0.15, 0.2) is 0 Å². The van der Waals surface area contributed by atoms with Crippen LogP contribution in [0.1, 0.15) is 39.2 Å². The molecule has 0 spiro atoms. The van der Waals surface area contributed by atoms with E-state index in [1.54, 1.807) is 0 Å². The van der Waals surface area contributed by atoms with E-state index in [0.717, 1.165) is 43.1 Å². The van der Waals surface area contributed by atoms with Gasteiger partial charge in [0.1, 0.15) is 18.0 Å². The summed E-state index contributed by atoms with van der Waals surface area (Å²) >= 11 is 0. The fourth-order valence-corrected chi connectivity index (χ4v) is 4.47. The van der Waals surface area contributed by atoms with E-state index in [1.165, 1.54) is 5.69 Å². The predicted octanol–water partition coefficient (Wildman–Crippen LogP) is 6.08. The maximum Gasteiger partial charge on any atom is 0.306 e. The van der Waals surface area contributed by atoms with Crippen LogP contribution in [-0.2, 0) is 16.1 Å². The van der Waals surface area contributed by atoms with Gasteiger partial charge < -0.3 is 19.3 Å². The second-order valence-electron chi connectivity index (χ2n) is 10.0. The minimum Gasteiger partial charge on any atom is -0.489 e. The molecule has 0 unspecified atom stereocenters. The Kier molecular flexibility index (Phi) is 7.96. The number of piperazine rings is 1. The second kappa shape index (κ2) is 11.3. The molecule has 3 aromatic rings. The summed E-state index contributed by atoms with van der Waals surface area (Å²) in [5, 5.41) is 0. The Labute approximate surface area is 209 Å². The first kappa shape index (κ1) is 24.6. The molecule has 0 bridgehead atoms. The molecule has 1 saturated heterocycles. The van der Waals surface area contributed by atoms with Gasteiger partial charge in [0.2, 0.25) is 0 Å². The molecule has 35 heavy (non-hydrogen) atoms. The molecule has 1 aliphatic heterocycles. The summed E-state index contributed by atoms with van der Waals surface area (Å²) in [6.07, 6.45) is 1.14. The number of para-hydroxylation sites is 1. The number of carbonyl (C=O) groups is 1. The summed E-state index contributed by atoms with van der Waals surface area (Å²) in [6, 6.07) is 29.2. The Balaban J connectivity index is 1.44. The van der Waals surface area contributed by atoms with Crippen LogP contribution in [0.25, 0.3) is 0 Å². The lowest BCUT2D eigenvalue weighted by molar-refractivity contribution is -0.155. The smallest absolute Gasteiger partial charge is 0.306 e. The number of rotatable bonds is 8. The van der Waals surface area contributed by atoms with Crippen LogP contribution in [0.15, 0.2) is 84.9 Å². The van der Waals surface area contributed by atoms with Crippen molar-refractivity contribution in [3.8, 4) is 5.75 Å². The number of esters is 1. The summed E-state index contributed by atoms with van der Waals surface area (Å²) in [4.78, 5) is 17.3. The number of hydrogen-bond acceptors (Lipinski definition) is 5. The third-order valence-electron chi connectivity index (χ3n) is 6.12. The molecule has 5 nitrogen and oxygen atoms in total. The first-order valence-corrected chi connectivity index (χ1v) is 12.4.